The summed E-state index contributed by atoms with van der Waals surface area (Å²) >= 11 is 0. The second-order valence-electron chi connectivity index (χ2n) is 14.0. The van der Waals surface area contributed by atoms with Crippen LogP contribution in [0.25, 0.3) is 21.9 Å². The zero-order chi connectivity index (χ0) is 32.2. The van der Waals surface area contributed by atoms with Gasteiger partial charge in [-0.25, -0.2) is 0 Å². The number of aromatic nitrogens is 1. The summed E-state index contributed by atoms with van der Waals surface area (Å²) in [6.07, 6.45) is 12.1. The van der Waals surface area contributed by atoms with Crippen molar-refractivity contribution in [2.75, 3.05) is 0 Å². The van der Waals surface area contributed by atoms with Gasteiger partial charge < -0.3 is 5.11 Å². The van der Waals surface area contributed by atoms with Crippen molar-refractivity contribution in [2.24, 2.45) is 17.3 Å². The number of benzene rings is 2. The van der Waals surface area contributed by atoms with Crippen LogP contribution in [0.2, 0.25) is 0 Å². The van der Waals surface area contributed by atoms with Gasteiger partial charge in [0, 0.05) is 55.3 Å². The minimum absolute atomic E-state index is 0. The number of aryl methyl sites for hydroxylation is 2. The van der Waals surface area contributed by atoms with Crippen molar-refractivity contribution in [3.8, 4) is 0 Å². The Hall–Kier alpha value is -2.55. The molecule has 1 heterocycles. The predicted octanol–water partition coefficient (Wildman–Crippen LogP) is 11.5. The third kappa shape index (κ3) is 8.43. The smallest absolute Gasteiger partial charge is 0.162 e. The van der Waals surface area contributed by atoms with E-state index in [4.69, 9.17) is 4.98 Å². The number of carbonyl (C=O) groups excluding carboxylic acids is 1. The summed E-state index contributed by atoms with van der Waals surface area (Å²) in [4.78, 5) is 16.5. The van der Waals surface area contributed by atoms with Gasteiger partial charge in [0.2, 0.25) is 0 Å². The summed E-state index contributed by atoms with van der Waals surface area (Å²) in [6.45, 7) is 19.5. The van der Waals surface area contributed by atoms with E-state index in [1.165, 1.54) is 81.5 Å². The molecule has 5 rings (SSSR count). The maximum Gasteiger partial charge on any atom is 0.162 e. The van der Waals surface area contributed by atoms with Gasteiger partial charge in [0.1, 0.15) is 0 Å². The van der Waals surface area contributed by atoms with Crippen LogP contribution in [0.4, 0.5) is 0 Å². The first kappa shape index (κ1) is 36.9. The van der Waals surface area contributed by atoms with Crippen molar-refractivity contribution in [3.63, 3.8) is 0 Å². The van der Waals surface area contributed by atoms with E-state index in [2.05, 4.69) is 71.0 Å². The number of aliphatic hydroxyl groups excluding tert-OH is 1. The first-order valence-corrected chi connectivity index (χ1v) is 17.0. The zero-order valence-corrected chi connectivity index (χ0v) is 31.5. The Balaban J connectivity index is 0.000000297. The minimum Gasteiger partial charge on any atom is -0.512 e. The fourth-order valence-electron chi connectivity index (χ4n) is 7.25. The summed E-state index contributed by atoms with van der Waals surface area (Å²) in [5.41, 5.74) is 10.8. The van der Waals surface area contributed by atoms with E-state index in [9.17, 15) is 9.90 Å². The Morgan fingerprint density at radius 3 is 2.18 bits per heavy atom. The second-order valence-corrected chi connectivity index (χ2v) is 14.0. The number of hydrogen-bond acceptors (Lipinski definition) is 3. The van der Waals surface area contributed by atoms with Gasteiger partial charge in [0.05, 0.1) is 5.76 Å². The molecule has 0 amide bonds. The molecule has 3 aromatic rings. The zero-order valence-electron chi connectivity index (χ0n) is 29.1. The second kappa shape index (κ2) is 15.8. The van der Waals surface area contributed by atoms with Gasteiger partial charge in [-0.1, -0.05) is 78.7 Å². The maximum atomic E-state index is 11.7. The molecule has 3 nitrogen and oxygen atoms in total. The fourth-order valence-corrected chi connectivity index (χ4v) is 7.25. The molecule has 245 valence electrons. The SMILES string of the molecule is CC1=C(c2[c-]c(C)cc(C)c2)c2nccc3cc(C4CCC(C)(C)CC4)cc1c23.CCC(CC)C(=O)/C=C(\O)C(CC)CC.[Ir]. The molecule has 1 saturated carbocycles. The van der Waals surface area contributed by atoms with Gasteiger partial charge in [-0.3, -0.25) is 9.78 Å². The Labute approximate surface area is 286 Å². The van der Waals surface area contributed by atoms with Gasteiger partial charge in [0.25, 0.3) is 0 Å². The molecule has 0 saturated heterocycles. The van der Waals surface area contributed by atoms with Crippen LogP contribution in [-0.2, 0) is 24.9 Å². The molecule has 1 radical (unpaired) electrons. The number of hydrogen-bond donors (Lipinski definition) is 1. The normalized spacial score (nSPS) is 16.2. The number of rotatable bonds is 9. The summed E-state index contributed by atoms with van der Waals surface area (Å²) in [6, 6.07) is 15.1. The number of aliphatic hydroxyl groups is 1. The average Bonchev–Trinajstić information content (AvgIpc) is 3.26. The minimum atomic E-state index is 0. The monoisotopic (exact) mass is 785 g/mol. The quantitative estimate of drug-likeness (QED) is 0.134. The van der Waals surface area contributed by atoms with Crippen LogP contribution in [-0.4, -0.2) is 15.9 Å². The number of ketones is 1. The van der Waals surface area contributed by atoms with E-state index in [1.807, 2.05) is 33.9 Å². The summed E-state index contributed by atoms with van der Waals surface area (Å²) in [5.74, 6) is 1.23. The van der Waals surface area contributed by atoms with E-state index in [-0.39, 0.29) is 43.5 Å². The molecule has 1 fully saturated rings. The van der Waals surface area contributed by atoms with Gasteiger partial charge in [-0.2, -0.15) is 0 Å². The van der Waals surface area contributed by atoms with Crippen LogP contribution < -0.4 is 0 Å². The Morgan fingerprint density at radius 1 is 0.978 bits per heavy atom. The van der Waals surface area contributed by atoms with E-state index in [0.29, 0.717) is 11.3 Å². The number of nitrogens with zero attached hydrogens (tertiary/aromatic N) is 1. The van der Waals surface area contributed by atoms with Crippen LogP contribution in [0.3, 0.4) is 0 Å². The fraction of sp³-hybridized carbons (Fsp3) is 0.512. The molecule has 45 heavy (non-hydrogen) atoms. The van der Waals surface area contributed by atoms with Crippen molar-refractivity contribution in [1.82, 2.24) is 4.98 Å². The standard InChI is InChI=1S/C28H30N.C13H24O2.Ir/c1-17-12-18(2)14-23(13-17)25-19(3)24-16-22(20-6-9-28(4,5)10-7-20)15-21-8-11-29-27(25)26(21)24;1-5-10(6-2)12(14)9-13(15)11(7-3)8-4;/h8,11-13,15-16,20H,6-7,9-10H2,1-5H3;9-11,14H,5-8H2,1-4H3;/q-1;;/b;12-9-;. The summed E-state index contributed by atoms with van der Waals surface area (Å²) in [7, 11) is 0. The van der Waals surface area contributed by atoms with Crippen molar-refractivity contribution in [2.45, 2.75) is 120 Å². The van der Waals surface area contributed by atoms with Crippen molar-refractivity contribution in [3.05, 3.63) is 87.9 Å². The van der Waals surface area contributed by atoms with E-state index in [0.717, 1.165) is 31.4 Å². The molecule has 0 atom stereocenters. The number of carbonyl (C=O) groups is 1. The topological polar surface area (TPSA) is 50.2 Å². The molecule has 0 unspecified atom stereocenters. The predicted molar refractivity (Wildman–Crippen MR) is 187 cm³/mol. The van der Waals surface area contributed by atoms with E-state index >= 15 is 0 Å². The maximum absolute atomic E-state index is 11.7. The van der Waals surface area contributed by atoms with Crippen LogP contribution in [0.1, 0.15) is 139 Å². The summed E-state index contributed by atoms with van der Waals surface area (Å²) < 4.78 is 0. The average molecular weight is 785 g/mol. The molecule has 2 aromatic carbocycles. The molecule has 2 aliphatic carbocycles. The molecule has 0 aliphatic heterocycles. The van der Waals surface area contributed by atoms with Gasteiger partial charge in [-0.05, 0) is 92.2 Å². The number of pyridine rings is 1. The number of allylic oxidation sites excluding steroid dienone is 3. The van der Waals surface area contributed by atoms with Crippen molar-refractivity contribution >= 4 is 27.7 Å². The third-order valence-corrected chi connectivity index (χ3v) is 10.2. The van der Waals surface area contributed by atoms with E-state index < -0.39 is 0 Å². The Bertz CT molecular complexity index is 1520. The largest absolute Gasteiger partial charge is 0.512 e. The van der Waals surface area contributed by atoms with Crippen molar-refractivity contribution in [1.29, 1.82) is 0 Å². The first-order chi connectivity index (χ1) is 20.9. The van der Waals surface area contributed by atoms with Gasteiger partial charge in [-0.15, -0.1) is 34.9 Å². The third-order valence-electron chi connectivity index (χ3n) is 10.2. The van der Waals surface area contributed by atoms with Crippen molar-refractivity contribution < 1.29 is 30.0 Å². The molecule has 4 heteroatoms. The Morgan fingerprint density at radius 2 is 1.60 bits per heavy atom. The van der Waals surface area contributed by atoms with Crippen LogP contribution >= 0.6 is 0 Å². The summed E-state index contributed by atoms with van der Waals surface area (Å²) in [5, 5.41) is 12.4. The van der Waals surface area contributed by atoms with E-state index in [1.54, 1.807) is 0 Å². The molecule has 0 spiro atoms. The first-order valence-electron chi connectivity index (χ1n) is 17.0. The molecule has 1 aromatic heterocycles. The molecule has 1 N–H and O–H groups in total. The van der Waals surface area contributed by atoms with Crippen LogP contribution in [0, 0.1) is 37.2 Å². The van der Waals surface area contributed by atoms with Crippen LogP contribution in [0.5, 0.6) is 0 Å². The van der Waals surface area contributed by atoms with Gasteiger partial charge >= 0.3 is 0 Å². The van der Waals surface area contributed by atoms with Gasteiger partial charge in [0.15, 0.2) is 5.78 Å². The van der Waals surface area contributed by atoms with Crippen LogP contribution in [0.15, 0.2) is 48.4 Å². The Kier molecular flexibility index (Phi) is 13.0. The molecule has 0 bridgehead atoms. The molecular formula is C41H54IrNO2-. The molecule has 2 aliphatic rings. The molecular weight excluding hydrogens is 731 g/mol.